The normalized spacial score (nSPS) is 13.6. The molecule has 0 aliphatic rings. The van der Waals surface area contributed by atoms with Crippen LogP contribution in [0.3, 0.4) is 0 Å². The van der Waals surface area contributed by atoms with Gasteiger partial charge in [0.05, 0.1) is 5.56 Å². The quantitative estimate of drug-likeness (QED) is 0.784. The van der Waals surface area contributed by atoms with Gasteiger partial charge in [-0.2, -0.15) is 13.2 Å². The van der Waals surface area contributed by atoms with Crippen LogP contribution >= 0.6 is 0 Å². The lowest BCUT2D eigenvalue weighted by Crippen LogP contribution is -2.24. The minimum absolute atomic E-state index is 0.495. The Kier molecular flexibility index (Phi) is 2.94. The first-order valence-electron chi connectivity index (χ1n) is 3.83. The van der Waals surface area contributed by atoms with Crippen LogP contribution in [-0.4, -0.2) is 16.1 Å². The molecule has 0 radical (unpaired) electrons. The number of carbonyl (C=O) groups is 1. The maximum atomic E-state index is 12.4. The van der Waals surface area contributed by atoms with Gasteiger partial charge in [-0.25, -0.2) is 0 Å². The Morgan fingerprint density at radius 1 is 1.53 bits per heavy atom. The molecule has 1 rings (SSSR count). The second-order valence-corrected chi connectivity index (χ2v) is 2.78. The highest BCUT2D eigenvalue weighted by molar-refractivity contribution is 5.75. The third kappa shape index (κ3) is 2.44. The first-order valence-corrected chi connectivity index (χ1v) is 3.83. The maximum Gasteiger partial charge on any atom is 0.418 e. The highest BCUT2D eigenvalue weighted by Crippen LogP contribution is 2.33. The van der Waals surface area contributed by atoms with E-state index in [2.05, 4.69) is 4.98 Å². The minimum atomic E-state index is -4.66. The predicted molar refractivity (Wildman–Crippen MR) is 43.8 cm³/mol. The Morgan fingerprint density at radius 2 is 2.13 bits per heavy atom. The predicted octanol–water partition coefficient (Wildman–Crippen LogP) is 1.18. The summed E-state index contributed by atoms with van der Waals surface area (Å²) in [7, 11) is 0. The number of nitrogens with two attached hydrogens (primary N) is 1. The van der Waals surface area contributed by atoms with E-state index in [1.54, 1.807) is 0 Å². The SMILES string of the molecule is NC(C(=O)O)c1ccncc1C(F)(F)F. The molecule has 0 aliphatic heterocycles. The van der Waals surface area contributed by atoms with Gasteiger partial charge in [-0.1, -0.05) is 0 Å². The topological polar surface area (TPSA) is 76.2 Å². The molecular weight excluding hydrogens is 213 g/mol. The van der Waals surface area contributed by atoms with Crippen molar-refractivity contribution in [2.24, 2.45) is 5.73 Å². The third-order valence-corrected chi connectivity index (χ3v) is 1.76. The van der Waals surface area contributed by atoms with Crippen LogP contribution in [0.5, 0.6) is 0 Å². The van der Waals surface area contributed by atoms with E-state index >= 15 is 0 Å². The van der Waals surface area contributed by atoms with Gasteiger partial charge >= 0.3 is 12.1 Å². The average Bonchev–Trinajstić information content (AvgIpc) is 2.15. The summed E-state index contributed by atoms with van der Waals surface area (Å²) in [4.78, 5) is 13.8. The molecule has 0 saturated heterocycles. The van der Waals surface area contributed by atoms with Crippen molar-refractivity contribution in [2.75, 3.05) is 0 Å². The fourth-order valence-electron chi connectivity index (χ4n) is 1.05. The van der Waals surface area contributed by atoms with Crippen molar-refractivity contribution in [3.05, 3.63) is 29.6 Å². The molecule has 15 heavy (non-hydrogen) atoms. The Labute approximate surface area is 82.5 Å². The molecule has 0 amide bonds. The van der Waals surface area contributed by atoms with E-state index in [0.717, 1.165) is 12.3 Å². The van der Waals surface area contributed by atoms with Gasteiger partial charge in [-0.15, -0.1) is 0 Å². The number of aliphatic carboxylic acids is 1. The average molecular weight is 220 g/mol. The molecule has 1 unspecified atom stereocenters. The Balaban J connectivity index is 3.24. The van der Waals surface area contributed by atoms with Gasteiger partial charge in [0, 0.05) is 12.4 Å². The zero-order valence-corrected chi connectivity index (χ0v) is 7.32. The first-order chi connectivity index (χ1) is 6.84. The summed E-state index contributed by atoms with van der Waals surface area (Å²) in [5.41, 5.74) is 3.49. The number of nitrogens with zero attached hydrogens (tertiary/aromatic N) is 1. The van der Waals surface area contributed by atoms with E-state index in [1.165, 1.54) is 0 Å². The van der Waals surface area contributed by atoms with Crippen LogP contribution in [0.25, 0.3) is 0 Å². The van der Waals surface area contributed by atoms with E-state index in [4.69, 9.17) is 10.8 Å². The van der Waals surface area contributed by atoms with Crippen LogP contribution in [0.2, 0.25) is 0 Å². The van der Waals surface area contributed by atoms with E-state index in [9.17, 15) is 18.0 Å². The zero-order valence-electron chi connectivity index (χ0n) is 7.32. The Morgan fingerprint density at radius 3 is 2.60 bits per heavy atom. The Bertz CT molecular complexity index is 378. The second-order valence-electron chi connectivity index (χ2n) is 2.78. The molecule has 0 fully saturated rings. The summed E-state index contributed by atoms with van der Waals surface area (Å²) in [5.74, 6) is -1.52. The van der Waals surface area contributed by atoms with Gasteiger partial charge in [0.1, 0.15) is 6.04 Å². The summed E-state index contributed by atoms with van der Waals surface area (Å²) in [6, 6.07) is -0.758. The van der Waals surface area contributed by atoms with Crippen molar-refractivity contribution in [3.63, 3.8) is 0 Å². The highest BCUT2D eigenvalue weighted by Gasteiger charge is 2.36. The van der Waals surface area contributed by atoms with Crippen LogP contribution in [-0.2, 0) is 11.0 Å². The van der Waals surface area contributed by atoms with Crippen molar-refractivity contribution < 1.29 is 23.1 Å². The fraction of sp³-hybridized carbons (Fsp3) is 0.250. The van der Waals surface area contributed by atoms with Gasteiger partial charge < -0.3 is 10.8 Å². The van der Waals surface area contributed by atoms with Gasteiger partial charge in [0.25, 0.3) is 0 Å². The van der Waals surface area contributed by atoms with E-state index in [1.807, 2.05) is 0 Å². The van der Waals surface area contributed by atoms with E-state index < -0.39 is 29.3 Å². The number of carboxylic acids is 1. The van der Waals surface area contributed by atoms with Crippen LogP contribution < -0.4 is 5.73 Å². The molecule has 1 aromatic heterocycles. The second kappa shape index (κ2) is 3.85. The molecule has 0 spiro atoms. The third-order valence-electron chi connectivity index (χ3n) is 1.76. The molecule has 1 aromatic rings. The lowest BCUT2D eigenvalue weighted by Gasteiger charge is -2.14. The van der Waals surface area contributed by atoms with Crippen molar-refractivity contribution in [1.29, 1.82) is 0 Å². The molecule has 7 heteroatoms. The summed E-state index contributed by atoms with van der Waals surface area (Å²) in [6.45, 7) is 0. The number of aromatic nitrogens is 1. The molecule has 0 saturated carbocycles. The minimum Gasteiger partial charge on any atom is -0.480 e. The fourth-order valence-corrected chi connectivity index (χ4v) is 1.05. The Hall–Kier alpha value is -1.63. The van der Waals surface area contributed by atoms with Crippen LogP contribution in [0, 0.1) is 0 Å². The number of rotatable bonds is 2. The van der Waals surface area contributed by atoms with Gasteiger partial charge in [0.2, 0.25) is 0 Å². The van der Waals surface area contributed by atoms with Gasteiger partial charge in [0.15, 0.2) is 0 Å². The number of alkyl halides is 3. The molecule has 82 valence electrons. The molecule has 4 nitrogen and oxygen atoms in total. The van der Waals surface area contributed by atoms with Crippen molar-refractivity contribution in [1.82, 2.24) is 4.98 Å². The van der Waals surface area contributed by atoms with Crippen LogP contribution in [0.15, 0.2) is 18.5 Å². The molecule has 3 N–H and O–H groups in total. The number of halogens is 3. The van der Waals surface area contributed by atoms with Crippen molar-refractivity contribution >= 4 is 5.97 Å². The summed E-state index contributed by atoms with van der Waals surface area (Å²) in [5, 5.41) is 8.51. The number of carboxylic acid groups (broad SMARTS) is 1. The summed E-state index contributed by atoms with van der Waals surface area (Å²) in [6.07, 6.45) is -3.04. The van der Waals surface area contributed by atoms with E-state index in [-0.39, 0.29) is 0 Å². The van der Waals surface area contributed by atoms with Crippen molar-refractivity contribution in [3.8, 4) is 0 Å². The molecule has 1 heterocycles. The molecule has 0 bridgehead atoms. The molecule has 0 aromatic carbocycles. The summed E-state index contributed by atoms with van der Waals surface area (Å²) >= 11 is 0. The number of hydrogen-bond donors (Lipinski definition) is 2. The first kappa shape index (κ1) is 11.4. The molecule has 1 atom stereocenters. The lowest BCUT2D eigenvalue weighted by atomic mass is 10.0. The monoisotopic (exact) mass is 220 g/mol. The number of pyridine rings is 1. The largest absolute Gasteiger partial charge is 0.480 e. The smallest absolute Gasteiger partial charge is 0.418 e. The summed E-state index contributed by atoms with van der Waals surface area (Å²) < 4.78 is 37.2. The highest BCUT2D eigenvalue weighted by atomic mass is 19.4. The van der Waals surface area contributed by atoms with Crippen LogP contribution in [0.1, 0.15) is 17.2 Å². The zero-order chi connectivity index (χ0) is 11.6. The standard InChI is InChI=1S/C8H7F3N2O2/c9-8(10,11)5-3-13-2-1-4(5)6(12)7(14)15/h1-3,6H,12H2,(H,14,15). The lowest BCUT2D eigenvalue weighted by molar-refractivity contribution is -0.141. The molecule has 0 aliphatic carbocycles. The number of hydrogen-bond acceptors (Lipinski definition) is 3. The van der Waals surface area contributed by atoms with Gasteiger partial charge in [-0.05, 0) is 11.6 Å². The van der Waals surface area contributed by atoms with Gasteiger partial charge in [-0.3, -0.25) is 9.78 Å². The maximum absolute atomic E-state index is 12.4. The van der Waals surface area contributed by atoms with E-state index in [0.29, 0.717) is 6.20 Å². The van der Waals surface area contributed by atoms with Crippen LogP contribution in [0.4, 0.5) is 13.2 Å². The van der Waals surface area contributed by atoms with Crippen molar-refractivity contribution in [2.45, 2.75) is 12.2 Å². The molecular formula is C8H7F3N2O2.